The zero-order valence-electron chi connectivity index (χ0n) is 23.7. The first-order valence-corrected chi connectivity index (χ1v) is 15.0. The molecule has 0 radical (unpaired) electrons. The van der Waals surface area contributed by atoms with Crippen LogP contribution in [0.1, 0.15) is 0 Å². The number of benzene rings is 8. The minimum Gasteiger partial charge on any atom is -0.456 e. The van der Waals surface area contributed by atoms with E-state index in [0.717, 1.165) is 43.9 Å². The molecule has 2 nitrogen and oxygen atoms in total. The molecular formula is C42H24O2. The van der Waals surface area contributed by atoms with Crippen LogP contribution in [0.4, 0.5) is 0 Å². The van der Waals surface area contributed by atoms with Crippen LogP contribution in [0.3, 0.4) is 0 Å². The third kappa shape index (κ3) is 3.25. The number of para-hydroxylation sites is 2. The highest BCUT2D eigenvalue weighted by molar-refractivity contribution is 6.28. The number of rotatable bonds is 2. The molecule has 0 fully saturated rings. The normalized spacial score (nSPS) is 12.1. The molecule has 0 unspecified atom stereocenters. The van der Waals surface area contributed by atoms with Gasteiger partial charge in [0.15, 0.2) is 0 Å². The molecule has 8 aromatic carbocycles. The van der Waals surface area contributed by atoms with Crippen LogP contribution in [-0.2, 0) is 0 Å². The zero-order valence-corrected chi connectivity index (χ0v) is 23.7. The molecular weight excluding hydrogens is 536 g/mol. The molecule has 0 aliphatic heterocycles. The predicted octanol–water partition coefficient (Wildman–Crippen LogP) is 12.3. The highest BCUT2D eigenvalue weighted by Gasteiger charge is 2.20. The largest absolute Gasteiger partial charge is 0.456 e. The molecule has 2 heterocycles. The van der Waals surface area contributed by atoms with E-state index >= 15 is 0 Å². The zero-order chi connectivity index (χ0) is 28.8. The van der Waals surface area contributed by atoms with E-state index in [1.165, 1.54) is 54.6 Å². The fraction of sp³-hybridized carbons (Fsp3) is 0. The van der Waals surface area contributed by atoms with Gasteiger partial charge in [-0.1, -0.05) is 109 Å². The molecule has 0 saturated carbocycles. The van der Waals surface area contributed by atoms with Crippen molar-refractivity contribution in [2.75, 3.05) is 0 Å². The highest BCUT2D eigenvalue weighted by atomic mass is 16.3. The Morgan fingerprint density at radius 1 is 0.295 bits per heavy atom. The quantitative estimate of drug-likeness (QED) is 0.155. The van der Waals surface area contributed by atoms with Crippen LogP contribution in [-0.4, -0.2) is 0 Å². The van der Waals surface area contributed by atoms with E-state index in [-0.39, 0.29) is 0 Å². The van der Waals surface area contributed by atoms with Crippen LogP contribution in [0.2, 0.25) is 0 Å². The van der Waals surface area contributed by atoms with Crippen molar-refractivity contribution in [1.29, 1.82) is 0 Å². The lowest BCUT2D eigenvalue weighted by atomic mass is 9.83. The number of hydrogen-bond acceptors (Lipinski definition) is 2. The van der Waals surface area contributed by atoms with Gasteiger partial charge >= 0.3 is 0 Å². The molecule has 0 amide bonds. The Morgan fingerprint density at radius 3 is 1.41 bits per heavy atom. The van der Waals surface area contributed by atoms with Crippen molar-refractivity contribution in [2.45, 2.75) is 0 Å². The second-order valence-corrected chi connectivity index (χ2v) is 11.6. The molecule has 0 aliphatic carbocycles. The topological polar surface area (TPSA) is 26.3 Å². The first-order chi connectivity index (χ1) is 21.8. The van der Waals surface area contributed by atoms with Gasteiger partial charge in [-0.2, -0.15) is 0 Å². The lowest BCUT2D eigenvalue weighted by Gasteiger charge is -2.19. The van der Waals surface area contributed by atoms with Crippen molar-refractivity contribution in [3.8, 4) is 22.3 Å². The Labute approximate surface area is 252 Å². The first kappa shape index (κ1) is 23.7. The molecule has 0 aliphatic rings. The van der Waals surface area contributed by atoms with Gasteiger partial charge in [0.25, 0.3) is 0 Å². The summed E-state index contributed by atoms with van der Waals surface area (Å²) in [7, 11) is 0. The van der Waals surface area contributed by atoms with Crippen molar-refractivity contribution in [2.24, 2.45) is 0 Å². The second kappa shape index (κ2) is 8.82. The maximum absolute atomic E-state index is 6.22. The Bertz CT molecular complexity index is 2780. The molecule has 204 valence electrons. The molecule has 2 aromatic heterocycles. The monoisotopic (exact) mass is 560 g/mol. The first-order valence-electron chi connectivity index (χ1n) is 15.0. The van der Waals surface area contributed by atoms with Crippen molar-refractivity contribution in [3.05, 3.63) is 146 Å². The van der Waals surface area contributed by atoms with Gasteiger partial charge in [0.2, 0.25) is 0 Å². The van der Waals surface area contributed by atoms with Crippen molar-refractivity contribution in [1.82, 2.24) is 0 Å². The van der Waals surface area contributed by atoms with E-state index < -0.39 is 0 Å². The van der Waals surface area contributed by atoms with Crippen LogP contribution in [0, 0.1) is 0 Å². The van der Waals surface area contributed by atoms with Gasteiger partial charge in [-0.05, 0) is 91.0 Å². The Balaban J connectivity index is 1.37. The summed E-state index contributed by atoms with van der Waals surface area (Å²) in [4.78, 5) is 0. The van der Waals surface area contributed by atoms with Gasteiger partial charge in [-0.25, -0.2) is 0 Å². The lowest BCUT2D eigenvalue weighted by molar-refractivity contribution is 0.668. The molecule has 0 saturated heterocycles. The fourth-order valence-corrected chi connectivity index (χ4v) is 7.32. The summed E-state index contributed by atoms with van der Waals surface area (Å²) in [6.45, 7) is 0. The molecule has 0 N–H and O–H groups in total. The maximum atomic E-state index is 6.22. The van der Waals surface area contributed by atoms with Gasteiger partial charge in [-0.3, -0.25) is 0 Å². The molecule has 2 heteroatoms. The Morgan fingerprint density at radius 2 is 0.773 bits per heavy atom. The second-order valence-electron chi connectivity index (χ2n) is 11.6. The smallest absolute Gasteiger partial charge is 0.135 e. The van der Waals surface area contributed by atoms with Gasteiger partial charge in [-0.15, -0.1) is 0 Å². The van der Waals surface area contributed by atoms with Crippen molar-refractivity contribution in [3.63, 3.8) is 0 Å². The van der Waals surface area contributed by atoms with Crippen molar-refractivity contribution < 1.29 is 8.83 Å². The lowest BCUT2D eigenvalue weighted by Crippen LogP contribution is -1.92. The maximum Gasteiger partial charge on any atom is 0.135 e. The van der Waals surface area contributed by atoms with E-state index in [9.17, 15) is 0 Å². The van der Waals surface area contributed by atoms with E-state index in [2.05, 4.69) is 121 Å². The molecule has 44 heavy (non-hydrogen) atoms. The summed E-state index contributed by atoms with van der Waals surface area (Å²) in [5.74, 6) is 0. The van der Waals surface area contributed by atoms with Crippen LogP contribution in [0.25, 0.3) is 98.4 Å². The molecule has 0 spiro atoms. The summed E-state index contributed by atoms with van der Waals surface area (Å²) in [5.41, 5.74) is 8.50. The number of hydrogen-bond donors (Lipinski definition) is 0. The van der Waals surface area contributed by atoms with Gasteiger partial charge < -0.3 is 8.83 Å². The average Bonchev–Trinajstić information content (AvgIpc) is 3.64. The van der Waals surface area contributed by atoms with Gasteiger partial charge in [0.05, 0.1) is 0 Å². The van der Waals surface area contributed by atoms with E-state index in [1.807, 2.05) is 24.3 Å². The van der Waals surface area contributed by atoms with E-state index in [4.69, 9.17) is 8.83 Å². The molecule has 0 atom stereocenters. The van der Waals surface area contributed by atoms with Crippen LogP contribution >= 0.6 is 0 Å². The van der Waals surface area contributed by atoms with Crippen molar-refractivity contribution >= 4 is 76.2 Å². The minimum atomic E-state index is 0.908. The highest BCUT2D eigenvalue weighted by Crippen LogP contribution is 2.47. The minimum absolute atomic E-state index is 0.908. The summed E-state index contributed by atoms with van der Waals surface area (Å²) < 4.78 is 12.4. The molecule has 10 rings (SSSR count). The average molecular weight is 561 g/mol. The van der Waals surface area contributed by atoms with Crippen LogP contribution < -0.4 is 0 Å². The standard InChI is InChI=1S/C42H24O2/c1-2-10-28-25(9-1)17-20-33-40(26-18-21-38-34(23-26)29-11-5-7-15-36(29)43-38)31-13-3-4-14-32(31)41(42(28)33)27-19-22-39-35(24-27)30-12-6-8-16-37(30)44-39/h1-24H. The van der Waals surface area contributed by atoms with Crippen LogP contribution in [0.15, 0.2) is 154 Å². The summed E-state index contributed by atoms with van der Waals surface area (Å²) in [6.07, 6.45) is 0. The van der Waals surface area contributed by atoms with E-state index in [0.29, 0.717) is 0 Å². The van der Waals surface area contributed by atoms with Crippen LogP contribution in [0.5, 0.6) is 0 Å². The summed E-state index contributed by atoms with van der Waals surface area (Å²) in [5, 5.41) is 12.0. The summed E-state index contributed by atoms with van der Waals surface area (Å²) >= 11 is 0. The number of fused-ring (bicyclic) bond motifs is 10. The summed E-state index contributed by atoms with van der Waals surface area (Å²) in [6, 6.07) is 52.1. The predicted molar refractivity (Wildman–Crippen MR) is 184 cm³/mol. The van der Waals surface area contributed by atoms with E-state index in [1.54, 1.807) is 0 Å². The number of furan rings is 2. The third-order valence-corrected chi connectivity index (χ3v) is 9.24. The van der Waals surface area contributed by atoms with Gasteiger partial charge in [0, 0.05) is 21.5 Å². The SMILES string of the molecule is c1ccc2c(c1)ccc1c(-c3ccc4oc5ccccc5c4c3)c3ccccc3c(-c3ccc4oc5ccccc5c4c3)c12. The van der Waals surface area contributed by atoms with Gasteiger partial charge in [0.1, 0.15) is 22.3 Å². The third-order valence-electron chi connectivity index (χ3n) is 9.24. The Kier molecular flexibility index (Phi) is 4.75. The molecule has 0 bridgehead atoms. The fourth-order valence-electron chi connectivity index (χ4n) is 7.32. The molecule has 10 aromatic rings. The Hall–Kier alpha value is -5.86.